The van der Waals surface area contributed by atoms with E-state index in [4.69, 9.17) is 4.74 Å². The van der Waals surface area contributed by atoms with Crippen molar-refractivity contribution < 1.29 is 23.5 Å². The quantitative estimate of drug-likeness (QED) is 0.726. The van der Waals surface area contributed by atoms with Gasteiger partial charge in [0.05, 0.1) is 6.61 Å². The predicted octanol–water partition coefficient (Wildman–Crippen LogP) is 1.33. The number of nitrogens with zero attached hydrogens (tertiary/aromatic N) is 3. The van der Waals surface area contributed by atoms with Crippen LogP contribution in [0.1, 0.15) is 25.3 Å². The molecule has 7 nitrogen and oxygen atoms in total. The van der Waals surface area contributed by atoms with Gasteiger partial charge in [-0.25, -0.2) is 9.40 Å². The highest BCUT2D eigenvalue weighted by Gasteiger charge is 2.27. The molecule has 134 valence electrons. The number of amides is 2. The maximum absolute atomic E-state index is 13.1. The van der Waals surface area contributed by atoms with Crippen LogP contribution in [-0.4, -0.2) is 53.6 Å². The summed E-state index contributed by atoms with van der Waals surface area (Å²) in [6, 6.07) is 5.65. The van der Waals surface area contributed by atoms with Crippen molar-refractivity contribution in [1.82, 2.24) is 9.91 Å². The van der Waals surface area contributed by atoms with E-state index in [2.05, 4.69) is 5.10 Å². The average molecular weight is 349 g/mol. The van der Waals surface area contributed by atoms with E-state index in [0.29, 0.717) is 5.56 Å². The van der Waals surface area contributed by atoms with Crippen molar-refractivity contribution in [2.75, 3.05) is 20.2 Å². The van der Waals surface area contributed by atoms with E-state index >= 15 is 0 Å². The van der Waals surface area contributed by atoms with Gasteiger partial charge in [0.1, 0.15) is 18.1 Å². The molecule has 0 spiro atoms. The Balaban J connectivity index is 2.19. The summed E-state index contributed by atoms with van der Waals surface area (Å²) < 4.78 is 18.0. The van der Waals surface area contributed by atoms with E-state index in [1.807, 2.05) is 0 Å². The predicted molar refractivity (Wildman–Crippen MR) is 87.9 cm³/mol. The monoisotopic (exact) mass is 349 g/mol. The smallest absolute Gasteiger partial charge is 0.325 e. The lowest BCUT2D eigenvalue weighted by molar-refractivity contribution is -0.147. The molecule has 0 unspecified atom stereocenters. The molecule has 0 atom stereocenters. The Hall–Kier alpha value is -2.77. The van der Waals surface area contributed by atoms with Gasteiger partial charge >= 0.3 is 5.97 Å². The Bertz CT molecular complexity index is 688. The molecule has 1 heterocycles. The molecular weight excluding hydrogens is 329 g/mol. The molecule has 0 aliphatic carbocycles. The van der Waals surface area contributed by atoms with Gasteiger partial charge < -0.3 is 9.64 Å². The highest BCUT2D eigenvalue weighted by molar-refractivity contribution is 6.39. The molecule has 0 aromatic heterocycles. The molecule has 0 fully saturated rings. The fourth-order valence-electron chi connectivity index (χ4n) is 2.38. The van der Waals surface area contributed by atoms with E-state index < -0.39 is 11.9 Å². The fourth-order valence-corrected chi connectivity index (χ4v) is 2.38. The van der Waals surface area contributed by atoms with Crippen LogP contribution in [0, 0.1) is 5.82 Å². The molecule has 1 aliphatic rings. The number of ether oxygens (including phenoxy) is 1. The summed E-state index contributed by atoms with van der Waals surface area (Å²) in [5.41, 5.74) is 0.869. The number of benzene rings is 1. The van der Waals surface area contributed by atoms with Gasteiger partial charge in [-0.3, -0.25) is 14.4 Å². The second kappa shape index (κ2) is 8.36. The Kier molecular flexibility index (Phi) is 6.21. The number of hydrogen-bond donors (Lipinski definition) is 0. The second-order valence-electron chi connectivity index (χ2n) is 5.56. The summed E-state index contributed by atoms with van der Waals surface area (Å²) in [7, 11) is 1.48. The van der Waals surface area contributed by atoms with Gasteiger partial charge in [0.15, 0.2) is 0 Å². The van der Waals surface area contributed by atoms with Crippen molar-refractivity contribution in [3.8, 4) is 0 Å². The van der Waals surface area contributed by atoms with Crippen LogP contribution in [0.4, 0.5) is 4.39 Å². The van der Waals surface area contributed by atoms with Gasteiger partial charge in [0.25, 0.3) is 5.91 Å². The van der Waals surface area contributed by atoms with Crippen LogP contribution >= 0.6 is 0 Å². The van der Waals surface area contributed by atoms with Crippen LogP contribution in [0.15, 0.2) is 29.4 Å². The number of hydrazone groups is 1. The zero-order chi connectivity index (χ0) is 18.4. The first-order valence-corrected chi connectivity index (χ1v) is 7.94. The molecule has 0 radical (unpaired) electrons. The maximum atomic E-state index is 13.1. The molecule has 0 saturated heterocycles. The van der Waals surface area contributed by atoms with E-state index in [1.165, 1.54) is 24.1 Å². The number of carbonyl (C=O) groups excluding carboxylic acids is 3. The summed E-state index contributed by atoms with van der Waals surface area (Å²) in [5, 5.41) is 5.11. The first-order valence-electron chi connectivity index (χ1n) is 7.94. The van der Waals surface area contributed by atoms with Gasteiger partial charge in [-0.05, 0) is 24.6 Å². The van der Waals surface area contributed by atoms with Gasteiger partial charge in [-0.1, -0.05) is 12.1 Å². The Morgan fingerprint density at radius 1 is 1.28 bits per heavy atom. The minimum Gasteiger partial charge on any atom is -0.465 e. The zero-order valence-corrected chi connectivity index (χ0v) is 14.2. The molecule has 0 saturated carbocycles. The normalized spacial score (nSPS) is 14.1. The van der Waals surface area contributed by atoms with Crippen LogP contribution in [-0.2, 0) is 25.7 Å². The Labute approximate surface area is 145 Å². The summed E-state index contributed by atoms with van der Waals surface area (Å²) in [6.07, 6.45) is 0.398. The van der Waals surface area contributed by atoms with E-state index in [1.54, 1.807) is 19.1 Å². The third-order valence-corrected chi connectivity index (χ3v) is 3.65. The standard InChI is InChI=1S/C17H20FN3O4/c1-3-25-16(23)11-21(10-12-4-6-13(18)7-5-12)17(24)14-8-9-15(22)20(2)19-14/h4-7H,3,8-11H2,1-2H3. The summed E-state index contributed by atoms with van der Waals surface area (Å²) in [4.78, 5) is 37.3. The van der Waals surface area contributed by atoms with Crippen molar-refractivity contribution in [3.05, 3.63) is 35.6 Å². The highest BCUT2D eigenvalue weighted by Crippen LogP contribution is 2.13. The summed E-state index contributed by atoms with van der Waals surface area (Å²) >= 11 is 0. The topological polar surface area (TPSA) is 79.3 Å². The molecule has 1 aromatic carbocycles. The first kappa shape index (κ1) is 18.6. The lowest BCUT2D eigenvalue weighted by atomic mass is 10.1. The number of rotatable bonds is 6. The maximum Gasteiger partial charge on any atom is 0.325 e. The van der Waals surface area contributed by atoms with Crippen molar-refractivity contribution in [3.63, 3.8) is 0 Å². The number of esters is 1. The molecule has 0 bridgehead atoms. The average Bonchev–Trinajstić information content (AvgIpc) is 2.58. The van der Waals surface area contributed by atoms with Crippen LogP contribution in [0.3, 0.4) is 0 Å². The second-order valence-corrected chi connectivity index (χ2v) is 5.56. The van der Waals surface area contributed by atoms with Gasteiger partial charge in [0, 0.05) is 26.4 Å². The first-order chi connectivity index (χ1) is 11.9. The van der Waals surface area contributed by atoms with E-state index in [-0.39, 0.29) is 50.0 Å². The summed E-state index contributed by atoms with van der Waals surface area (Å²) in [5.74, 6) is -1.55. The van der Waals surface area contributed by atoms with Crippen LogP contribution in [0.2, 0.25) is 0 Å². The van der Waals surface area contributed by atoms with E-state index in [9.17, 15) is 18.8 Å². The molecule has 8 heteroatoms. The molecule has 2 rings (SSSR count). The lowest BCUT2D eigenvalue weighted by Gasteiger charge is -2.25. The SMILES string of the molecule is CCOC(=O)CN(Cc1ccc(F)cc1)C(=O)C1=NN(C)C(=O)CC1. The molecule has 25 heavy (non-hydrogen) atoms. The number of carbonyl (C=O) groups is 3. The highest BCUT2D eigenvalue weighted by atomic mass is 19.1. The van der Waals surface area contributed by atoms with Crippen molar-refractivity contribution in [2.45, 2.75) is 26.3 Å². The van der Waals surface area contributed by atoms with Gasteiger partial charge in [-0.2, -0.15) is 5.10 Å². The minimum absolute atomic E-state index is 0.106. The molecule has 1 aromatic rings. The Morgan fingerprint density at radius 2 is 1.96 bits per heavy atom. The third-order valence-electron chi connectivity index (χ3n) is 3.65. The van der Waals surface area contributed by atoms with Crippen molar-refractivity contribution in [1.29, 1.82) is 0 Å². The Morgan fingerprint density at radius 3 is 2.56 bits per heavy atom. The zero-order valence-electron chi connectivity index (χ0n) is 14.2. The minimum atomic E-state index is -0.543. The van der Waals surface area contributed by atoms with Crippen molar-refractivity contribution >= 4 is 23.5 Å². The number of hydrogen-bond acceptors (Lipinski definition) is 5. The molecule has 2 amide bonds. The molecular formula is C17H20FN3O4. The van der Waals surface area contributed by atoms with Gasteiger partial charge in [-0.15, -0.1) is 0 Å². The largest absolute Gasteiger partial charge is 0.465 e. The van der Waals surface area contributed by atoms with Crippen LogP contribution < -0.4 is 0 Å². The molecule has 1 aliphatic heterocycles. The number of halogens is 1. The van der Waals surface area contributed by atoms with E-state index in [0.717, 1.165) is 5.01 Å². The summed E-state index contributed by atoms with van der Waals surface area (Å²) in [6.45, 7) is 1.74. The van der Waals surface area contributed by atoms with Crippen LogP contribution in [0.5, 0.6) is 0 Å². The van der Waals surface area contributed by atoms with Gasteiger partial charge in [0.2, 0.25) is 5.91 Å². The van der Waals surface area contributed by atoms with Crippen molar-refractivity contribution in [2.24, 2.45) is 5.10 Å². The fraction of sp³-hybridized carbons (Fsp3) is 0.412. The lowest BCUT2D eigenvalue weighted by Crippen LogP contribution is -2.43. The third kappa shape index (κ3) is 5.10. The van der Waals surface area contributed by atoms with Crippen LogP contribution in [0.25, 0.3) is 0 Å². The molecule has 0 N–H and O–H groups in total.